The Labute approximate surface area is 174 Å². The van der Waals surface area contributed by atoms with Crippen LogP contribution < -0.4 is 5.32 Å². The molecule has 0 radical (unpaired) electrons. The Kier molecular flexibility index (Phi) is 5.77. The lowest BCUT2D eigenvalue weighted by atomic mass is 10.1. The Morgan fingerprint density at radius 3 is 2.31 bits per heavy atom. The molecule has 1 heterocycles. The van der Waals surface area contributed by atoms with E-state index in [1.54, 1.807) is 0 Å². The molecule has 1 aromatic heterocycles. The van der Waals surface area contributed by atoms with E-state index in [0.717, 1.165) is 38.9 Å². The maximum atomic E-state index is 12.4. The lowest BCUT2D eigenvalue weighted by Gasteiger charge is -2.05. The molecule has 29 heavy (non-hydrogen) atoms. The van der Waals surface area contributed by atoms with Gasteiger partial charge in [0.1, 0.15) is 0 Å². The number of nitrogens with one attached hydrogen (secondary N) is 2. The van der Waals surface area contributed by atoms with Gasteiger partial charge in [0.25, 0.3) is 0 Å². The van der Waals surface area contributed by atoms with Gasteiger partial charge >= 0.3 is 0 Å². The van der Waals surface area contributed by atoms with Crippen LogP contribution in [-0.4, -0.2) is 21.6 Å². The van der Waals surface area contributed by atoms with Crippen molar-refractivity contribution in [2.45, 2.75) is 12.1 Å². The van der Waals surface area contributed by atoms with Crippen LogP contribution in [0.1, 0.15) is 5.56 Å². The molecule has 0 saturated carbocycles. The van der Waals surface area contributed by atoms with E-state index in [1.807, 2.05) is 79.7 Å². The van der Waals surface area contributed by atoms with E-state index in [4.69, 9.17) is 4.98 Å². The first-order chi connectivity index (χ1) is 14.2. The molecule has 4 rings (SSSR count). The average Bonchev–Trinajstić information content (AvgIpc) is 3.18. The Balaban J connectivity index is 1.53. The van der Waals surface area contributed by atoms with Gasteiger partial charge in [-0.25, -0.2) is 4.98 Å². The summed E-state index contributed by atoms with van der Waals surface area (Å²) in [5.74, 6) is 0.226. The maximum Gasteiger partial charge on any atom is 0.234 e. The SMILES string of the molecule is Cc1cccc(NC(=O)CSc2nc(-c3ccccc3)c(-c3ccccc3)[nH]2)c1. The first kappa shape index (κ1) is 19.0. The normalized spacial score (nSPS) is 10.7. The van der Waals surface area contributed by atoms with E-state index >= 15 is 0 Å². The molecule has 0 aliphatic heterocycles. The minimum Gasteiger partial charge on any atom is -0.332 e. The van der Waals surface area contributed by atoms with E-state index in [-0.39, 0.29) is 11.7 Å². The van der Waals surface area contributed by atoms with Crippen LogP contribution in [0.5, 0.6) is 0 Å². The molecule has 1 amide bonds. The van der Waals surface area contributed by atoms with Gasteiger partial charge in [-0.2, -0.15) is 0 Å². The van der Waals surface area contributed by atoms with E-state index in [9.17, 15) is 4.79 Å². The van der Waals surface area contributed by atoms with Gasteiger partial charge in [0.15, 0.2) is 5.16 Å². The molecule has 0 bridgehead atoms. The Morgan fingerprint density at radius 2 is 1.62 bits per heavy atom. The molecule has 0 aliphatic rings. The highest BCUT2D eigenvalue weighted by atomic mass is 32.2. The Hall–Kier alpha value is -3.31. The molecule has 5 heteroatoms. The molecule has 2 N–H and O–H groups in total. The summed E-state index contributed by atoms with van der Waals surface area (Å²) in [4.78, 5) is 20.5. The van der Waals surface area contributed by atoms with Crippen LogP contribution in [0.25, 0.3) is 22.5 Å². The fourth-order valence-electron chi connectivity index (χ4n) is 3.09. The van der Waals surface area contributed by atoms with Gasteiger partial charge in [0, 0.05) is 16.8 Å². The fourth-order valence-corrected chi connectivity index (χ4v) is 3.76. The van der Waals surface area contributed by atoms with Gasteiger partial charge in [-0.05, 0) is 24.6 Å². The number of carbonyl (C=O) groups is 1. The van der Waals surface area contributed by atoms with Gasteiger partial charge in [-0.15, -0.1) is 0 Å². The second-order valence-electron chi connectivity index (χ2n) is 6.70. The van der Waals surface area contributed by atoms with Gasteiger partial charge in [0.2, 0.25) is 5.91 Å². The number of hydrogen-bond acceptors (Lipinski definition) is 3. The number of hydrogen-bond donors (Lipinski definition) is 2. The van der Waals surface area contributed by atoms with Crippen LogP contribution in [0.15, 0.2) is 90.1 Å². The van der Waals surface area contributed by atoms with E-state index in [2.05, 4.69) is 22.4 Å². The highest BCUT2D eigenvalue weighted by Gasteiger charge is 2.15. The predicted molar refractivity (Wildman–Crippen MR) is 120 cm³/mol. The van der Waals surface area contributed by atoms with Crippen LogP contribution in [0.2, 0.25) is 0 Å². The molecular weight excluding hydrogens is 378 g/mol. The molecule has 4 aromatic rings. The molecule has 0 saturated heterocycles. The van der Waals surface area contributed by atoms with Crippen molar-refractivity contribution >= 4 is 23.4 Å². The summed E-state index contributed by atoms with van der Waals surface area (Å²) in [5.41, 5.74) is 5.87. The number of thioether (sulfide) groups is 1. The fraction of sp³-hybridized carbons (Fsp3) is 0.0833. The molecule has 0 unspecified atom stereocenters. The molecule has 0 atom stereocenters. The third-order valence-electron chi connectivity index (χ3n) is 4.43. The number of imidazole rings is 1. The number of aryl methyl sites for hydroxylation is 1. The second-order valence-corrected chi connectivity index (χ2v) is 7.67. The van der Waals surface area contributed by atoms with Crippen LogP contribution in [0, 0.1) is 6.92 Å². The number of carbonyl (C=O) groups excluding carboxylic acids is 1. The number of aromatic amines is 1. The molecule has 0 fully saturated rings. The van der Waals surface area contributed by atoms with Crippen LogP contribution >= 0.6 is 11.8 Å². The van der Waals surface area contributed by atoms with Gasteiger partial charge in [0.05, 0.1) is 17.1 Å². The third kappa shape index (κ3) is 4.76. The highest BCUT2D eigenvalue weighted by molar-refractivity contribution is 7.99. The van der Waals surface area contributed by atoms with Crippen molar-refractivity contribution < 1.29 is 4.79 Å². The van der Waals surface area contributed by atoms with E-state index < -0.39 is 0 Å². The molecule has 144 valence electrons. The largest absolute Gasteiger partial charge is 0.332 e. The monoisotopic (exact) mass is 399 g/mol. The van der Waals surface area contributed by atoms with Crippen molar-refractivity contribution in [3.05, 3.63) is 90.5 Å². The topological polar surface area (TPSA) is 57.8 Å². The smallest absolute Gasteiger partial charge is 0.234 e. The number of H-pyrrole nitrogens is 1. The molecule has 4 nitrogen and oxygen atoms in total. The Bertz CT molecular complexity index is 1050. The number of aromatic nitrogens is 2. The summed E-state index contributed by atoms with van der Waals surface area (Å²) in [5, 5.41) is 3.66. The van der Waals surface area contributed by atoms with Gasteiger partial charge < -0.3 is 10.3 Å². The zero-order chi connectivity index (χ0) is 20.1. The minimum absolute atomic E-state index is 0.0560. The lowest BCUT2D eigenvalue weighted by Crippen LogP contribution is -2.14. The van der Waals surface area contributed by atoms with Crippen molar-refractivity contribution in [3.8, 4) is 22.5 Å². The molecule has 3 aromatic carbocycles. The summed E-state index contributed by atoms with van der Waals surface area (Å²) < 4.78 is 0. The number of benzene rings is 3. The highest BCUT2D eigenvalue weighted by Crippen LogP contribution is 2.32. The average molecular weight is 400 g/mol. The van der Waals surface area contributed by atoms with Crippen molar-refractivity contribution in [1.82, 2.24) is 9.97 Å². The third-order valence-corrected chi connectivity index (χ3v) is 5.31. The molecule has 0 aliphatic carbocycles. The van der Waals surface area contributed by atoms with Crippen LogP contribution in [0.3, 0.4) is 0 Å². The number of amides is 1. The van der Waals surface area contributed by atoms with Crippen LogP contribution in [-0.2, 0) is 4.79 Å². The quantitative estimate of drug-likeness (QED) is 0.404. The second kappa shape index (κ2) is 8.80. The summed E-state index contributed by atoms with van der Waals surface area (Å²) >= 11 is 1.40. The van der Waals surface area contributed by atoms with Crippen molar-refractivity contribution in [1.29, 1.82) is 0 Å². The zero-order valence-electron chi connectivity index (χ0n) is 16.1. The summed E-state index contributed by atoms with van der Waals surface area (Å²) in [6.07, 6.45) is 0. The van der Waals surface area contributed by atoms with E-state index in [0.29, 0.717) is 0 Å². The summed E-state index contributed by atoms with van der Waals surface area (Å²) in [7, 11) is 0. The first-order valence-electron chi connectivity index (χ1n) is 9.39. The Morgan fingerprint density at radius 1 is 0.931 bits per heavy atom. The number of rotatable bonds is 6. The summed E-state index contributed by atoms with van der Waals surface area (Å²) in [6.45, 7) is 2.00. The van der Waals surface area contributed by atoms with Crippen molar-refractivity contribution in [3.63, 3.8) is 0 Å². The van der Waals surface area contributed by atoms with Gasteiger partial charge in [-0.3, -0.25) is 4.79 Å². The standard InChI is InChI=1S/C24H21N3OS/c1-17-9-8-14-20(15-17)25-21(28)16-29-24-26-22(18-10-4-2-5-11-18)23(27-24)19-12-6-3-7-13-19/h2-15H,16H2,1H3,(H,25,28)(H,26,27). The number of nitrogens with zero attached hydrogens (tertiary/aromatic N) is 1. The summed E-state index contributed by atoms with van der Waals surface area (Å²) in [6, 6.07) is 28.0. The van der Waals surface area contributed by atoms with Crippen molar-refractivity contribution in [2.75, 3.05) is 11.1 Å². The van der Waals surface area contributed by atoms with Crippen molar-refractivity contribution in [2.24, 2.45) is 0 Å². The predicted octanol–water partition coefficient (Wildman–Crippen LogP) is 5.78. The first-order valence-corrected chi connectivity index (χ1v) is 10.4. The minimum atomic E-state index is -0.0560. The van der Waals surface area contributed by atoms with Gasteiger partial charge in [-0.1, -0.05) is 84.6 Å². The van der Waals surface area contributed by atoms with Crippen LogP contribution in [0.4, 0.5) is 5.69 Å². The molecular formula is C24H21N3OS. The molecule has 0 spiro atoms. The zero-order valence-corrected chi connectivity index (χ0v) is 16.9. The lowest BCUT2D eigenvalue weighted by molar-refractivity contribution is -0.113. The number of anilines is 1. The maximum absolute atomic E-state index is 12.4. The van der Waals surface area contributed by atoms with E-state index in [1.165, 1.54) is 11.8 Å².